The first-order valence-electron chi connectivity index (χ1n) is 11.3. The lowest BCUT2D eigenvalue weighted by molar-refractivity contribution is -0.137. The number of rotatable bonds is 6. The van der Waals surface area contributed by atoms with E-state index in [1.807, 2.05) is 13.8 Å². The fourth-order valence-electron chi connectivity index (χ4n) is 5.46. The Bertz CT molecular complexity index is 1090. The van der Waals surface area contributed by atoms with Crippen LogP contribution in [-0.4, -0.2) is 51.4 Å². The Labute approximate surface area is 192 Å². The number of carbonyl (C=O) groups excluding carboxylic acids is 3. The van der Waals surface area contributed by atoms with Gasteiger partial charge in [-0.3, -0.25) is 28.8 Å². The number of nitrogens with zero attached hydrogens (tertiary/aromatic N) is 3. The van der Waals surface area contributed by atoms with Gasteiger partial charge in [0, 0.05) is 13.6 Å². The number of unbranched alkanes of at least 4 members (excludes halogenated alkanes) is 1. The molecule has 3 rings (SSSR count). The highest BCUT2D eigenvalue weighted by Crippen LogP contribution is 2.46. The van der Waals surface area contributed by atoms with Gasteiger partial charge in [0.15, 0.2) is 5.69 Å². The van der Waals surface area contributed by atoms with Gasteiger partial charge in [0.1, 0.15) is 17.9 Å². The zero-order chi connectivity index (χ0) is 24.7. The number of carbonyl (C=O) groups is 3. The Morgan fingerprint density at radius 1 is 1.21 bits per heavy atom. The first-order chi connectivity index (χ1) is 15.3. The third-order valence-electron chi connectivity index (χ3n) is 6.58. The van der Waals surface area contributed by atoms with Crippen molar-refractivity contribution in [2.45, 2.75) is 71.9 Å². The van der Waals surface area contributed by atoms with Crippen LogP contribution >= 0.6 is 0 Å². The normalized spacial score (nSPS) is 24.3. The summed E-state index contributed by atoms with van der Waals surface area (Å²) in [5.74, 6) is -0.997. The number of urea groups is 1. The van der Waals surface area contributed by atoms with Crippen LogP contribution in [0.15, 0.2) is 9.59 Å². The summed E-state index contributed by atoms with van der Waals surface area (Å²) in [5, 5.41) is 2.83. The van der Waals surface area contributed by atoms with Gasteiger partial charge < -0.3 is 16.0 Å². The van der Waals surface area contributed by atoms with E-state index in [9.17, 15) is 24.0 Å². The standard InChI is InChI=1S/C22H34N6O5/c1-6-7-8-27-16(23)15(17(30)24-19(27)32)26(5)14(29)11-28-18(31)22(25-20(28)33)10-13(2)9-21(3,4)12-22/h13H,6-12,23H2,1-5H3,(H,25,33)(H,24,30,32). The van der Waals surface area contributed by atoms with Gasteiger partial charge in [-0.1, -0.05) is 34.1 Å². The van der Waals surface area contributed by atoms with Crippen LogP contribution in [0.4, 0.5) is 16.3 Å². The van der Waals surface area contributed by atoms with Crippen molar-refractivity contribution in [3.63, 3.8) is 0 Å². The van der Waals surface area contributed by atoms with Crippen molar-refractivity contribution in [3.05, 3.63) is 20.8 Å². The van der Waals surface area contributed by atoms with Crippen molar-refractivity contribution in [1.82, 2.24) is 19.8 Å². The number of nitrogens with one attached hydrogen (secondary N) is 2. The van der Waals surface area contributed by atoms with E-state index in [0.717, 1.165) is 22.6 Å². The second kappa shape index (κ2) is 8.68. The van der Waals surface area contributed by atoms with Gasteiger partial charge in [0.25, 0.3) is 11.5 Å². The lowest BCUT2D eigenvalue weighted by Crippen LogP contribution is -2.54. The van der Waals surface area contributed by atoms with Gasteiger partial charge in [0.05, 0.1) is 0 Å². The van der Waals surface area contributed by atoms with Crippen molar-refractivity contribution >= 4 is 29.4 Å². The van der Waals surface area contributed by atoms with Crippen LogP contribution in [0.5, 0.6) is 0 Å². The molecule has 0 aromatic carbocycles. The van der Waals surface area contributed by atoms with Crippen molar-refractivity contribution in [1.29, 1.82) is 0 Å². The SMILES string of the molecule is CCCCn1c(N)c(N(C)C(=O)CN2C(=O)NC3(CC(C)CC(C)(C)C3)C2=O)c(=O)[nH]c1=O. The van der Waals surface area contributed by atoms with E-state index in [2.05, 4.69) is 24.1 Å². The van der Waals surface area contributed by atoms with Crippen LogP contribution in [0.2, 0.25) is 0 Å². The molecular formula is C22H34N6O5. The maximum Gasteiger partial charge on any atom is 0.330 e. The van der Waals surface area contributed by atoms with Gasteiger partial charge in [-0.25, -0.2) is 9.59 Å². The molecule has 11 heteroatoms. The molecule has 182 valence electrons. The molecule has 1 aromatic heterocycles. The third-order valence-corrected chi connectivity index (χ3v) is 6.58. The fourth-order valence-corrected chi connectivity index (χ4v) is 5.46. The fraction of sp³-hybridized carbons (Fsp3) is 0.682. The average molecular weight is 463 g/mol. The summed E-state index contributed by atoms with van der Waals surface area (Å²) in [5.41, 5.74) is 3.26. The number of aromatic nitrogens is 2. The number of likely N-dealkylation sites (N-methyl/N-ethyl adjacent to an activating group) is 1. The van der Waals surface area contributed by atoms with E-state index in [0.29, 0.717) is 19.3 Å². The summed E-state index contributed by atoms with van der Waals surface area (Å²) >= 11 is 0. The number of anilines is 2. The molecular weight excluding hydrogens is 428 g/mol. The van der Waals surface area contributed by atoms with Gasteiger partial charge in [0.2, 0.25) is 5.91 Å². The summed E-state index contributed by atoms with van der Waals surface area (Å²) < 4.78 is 1.21. The molecule has 4 N–H and O–H groups in total. The first kappa shape index (κ1) is 24.5. The smallest absolute Gasteiger partial charge is 0.330 e. The quantitative estimate of drug-likeness (QED) is 0.537. The van der Waals surface area contributed by atoms with E-state index >= 15 is 0 Å². The van der Waals surface area contributed by atoms with Crippen molar-refractivity contribution in [3.8, 4) is 0 Å². The summed E-state index contributed by atoms with van der Waals surface area (Å²) in [4.78, 5) is 67.7. The minimum atomic E-state index is -1.03. The number of imide groups is 1. The van der Waals surface area contributed by atoms with Crippen molar-refractivity contribution in [2.75, 3.05) is 24.2 Å². The topological polar surface area (TPSA) is 151 Å². The minimum Gasteiger partial charge on any atom is -0.383 e. The molecule has 2 unspecified atom stereocenters. The molecule has 1 saturated heterocycles. The number of hydrogen-bond donors (Lipinski definition) is 3. The van der Waals surface area contributed by atoms with E-state index in [1.54, 1.807) is 0 Å². The lowest BCUT2D eigenvalue weighted by Gasteiger charge is -2.43. The van der Waals surface area contributed by atoms with Gasteiger partial charge in [-0.2, -0.15) is 0 Å². The van der Waals surface area contributed by atoms with Gasteiger partial charge in [-0.15, -0.1) is 0 Å². The van der Waals surface area contributed by atoms with Crippen LogP contribution in [-0.2, 0) is 16.1 Å². The first-order valence-corrected chi connectivity index (χ1v) is 11.3. The number of nitrogen functional groups attached to an aromatic ring is 1. The minimum absolute atomic E-state index is 0.134. The molecule has 0 bridgehead atoms. The second-order valence-corrected chi connectivity index (χ2v) is 10.2. The maximum atomic E-state index is 13.3. The molecule has 2 fully saturated rings. The molecule has 2 heterocycles. The highest BCUT2D eigenvalue weighted by molar-refractivity contribution is 6.10. The monoisotopic (exact) mass is 462 g/mol. The molecule has 1 aliphatic heterocycles. The molecule has 2 aliphatic rings. The average Bonchev–Trinajstić information content (AvgIpc) is 2.89. The highest BCUT2D eigenvalue weighted by Gasteiger charge is 2.56. The second-order valence-electron chi connectivity index (χ2n) is 10.2. The summed E-state index contributed by atoms with van der Waals surface area (Å²) in [6, 6.07) is -0.624. The maximum absolute atomic E-state index is 13.3. The molecule has 1 spiro atoms. The van der Waals surface area contributed by atoms with Crippen LogP contribution < -0.4 is 27.2 Å². The van der Waals surface area contributed by atoms with Gasteiger partial charge >= 0.3 is 11.7 Å². The zero-order valence-corrected chi connectivity index (χ0v) is 20.0. The predicted molar refractivity (Wildman–Crippen MR) is 124 cm³/mol. The van der Waals surface area contributed by atoms with Gasteiger partial charge in [-0.05, 0) is 37.0 Å². The van der Waals surface area contributed by atoms with E-state index in [1.165, 1.54) is 11.6 Å². The summed E-state index contributed by atoms with van der Waals surface area (Å²) in [6.07, 6.45) is 3.40. The van der Waals surface area contributed by atoms with Crippen molar-refractivity contribution in [2.24, 2.45) is 11.3 Å². The van der Waals surface area contributed by atoms with Crippen LogP contribution in [0.25, 0.3) is 0 Å². The van der Waals surface area contributed by atoms with Crippen LogP contribution in [0.3, 0.4) is 0 Å². The predicted octanol–water partition coefficient (Wildman–Crippen LogP) is 1.02. The molecule has 0 radical (unpaired) electrons. The summed E-state index contributed by atoms with van der Waals surface area (Å²) in [7, 11) is 1.33. The van der Waals surface area contributed by atoms with E-state index < -0.39 is 41.2 Å². The number of aromatic amines is 1. The highest BCUT2D eigenvalue weighted by atomic mass is 16.2. The molecule has 1 aromatic rings. The number of amides is 4. The number of nitrogens with two attached hydrogens (primary N) is 1. The van der Waals surface area contributed by atoms with E-state index in [-0.39, 0.29) is 29.4 Å². The Balaban J connectivity index is 1.85. The van der Waals surface area contributed by atoms with Crippen LogP contribution in [0, 0.1) is 11.3 Å². The zero-order valence-electron chi connectivity index (χ0n) is 20.0. The Hall–Kier alpha value is -3.11. The number of hydrogen-bond acceptors (Lipinski definition) is 6. The third kappa shape index (κ3) is 4.53. The Kier molecular flexibility index (Phi) is 6.45. The molecule has 1 aliphatic carbocycles. The Morgan fingerprint density at radius 2 is 1.88 bits per heavy atom. The van der Waals surface area contributed by atoms with Crippen molar-refractivity contribution < 1.29 is 14.4 Å². The molecule has 1 saturated carbocycles. The molecule has 4 amide bonds. The molecule has 33 heavy (non-hydrogen) atoms. The van der Waals surface area contributed by atoms with E-state index in [4.69, 9.17) is 5.73 Å². The number of H-pyrrole nitrogens is 1. The lowest BCUT2D eigenvalue weighted by atomic mass is 9.64. The molecule has 11 nitrogen and oxygen atoms in total. The largest absolute Gasteiger partial charge is 0.383 e. The molecule has 2 atom stereocenters. The Morgan fingerprint density at radius 3 is 2.48 bits per heavy atom. The summed E-state index contributed by atoms with van der Waals surface area (Å²) in [6.45, 7) is 7.87. The van der Waals surface area contributed by atoms with Crippen LogP contribution in [0.1, 0.15) is 59.8 Å².